The van der Waals surface area contributed by atoms with Crippen molar-refractivity contribution in [2.24, 2.45) is 0 Å². The second kappa shape index (κ2) is 2.31. The van der Waals surface area contributed by atoms with Crippen molar-refractivity contribution in [2.75, 3.05) is 0 Å². The highest BCUT2D eigenvalue weighted by molar-refractivity contribution is 9.12. The summed E-state index contributed by atoms with van der Waals surface area (Å²) in [4.78, 5) is 21.0. The molecule has 1 heterocycles. The van der Waals surface area contributed by atoms with Crippen LogP contribution >= 0.6 is 15.9 Å². The van der Waals surface area contributed by atoms with Crippen LogP contribution in [-0.2, 0) is 9.59 Å². The molecule has 0 aromatic carbocycles. The lowest BCUT2D eigenvalue weighted by atomic mass is 10.3. The summed E-state index contributed by atoms with van der Waals surface area (Å²) in [6, 6.07) is 0. The van der Waals surface area contributed by atoms with Crippen LogP contribution in [0.15, 0.2) is 10.6 Å². The van der Waals surface area contributed by atoms with E-state index in [9.17, 15) is 9.59 Å². The fraction of sp³-hybridized carbons (Fsp3) is 0.200. The molecule has 0 saturated carbocycles. The van der Waals surface area contributed by atoms with E-state index in [1.54, 1.807) is 6.08 Å². The Morgan fingerprint density at radius 2 is 2.22 bits per heavy atom. The largest absolute Gasteiger partial charge is 0.292 e. The Balaban J connectivity index is 2.79. The van der Waals surface area contributed by atoms with Gasteiger partial charge >= 0.3 is 0 Å². The van der Waals surface area contributed by atoms with Gasteiger partial charge in [-0.3, -0.25) is 14.9 Å². The lowest BCUT2D eigenvalue weighted by molar-refractivity contribution is -0.128. The van der Waals surface area contributed by atoms with Crippen molar-refractivity contribution in [3.05, 3.63) is 10.6 Å². The van der Waals surface area contributed by atoms with E-state index in [-0.39, 0.29) is 18.2 Å². The van der Waals surface area contributed by atoms with Gasteiger partial charge in [-0.25, -0.2) is 0 Å². The van der Waals surface area contributed by atoms with E-state index >= 15 is 0 Å². The van der Waals surface area contributed by atoms with E-state index in [2.05, 4.69) is 21.2 Å². The first-order chi connectivity index (χ1) is 4.20. The van der Waals surface area contributed by atoms with Crippen molar-refractivity contribution in [3.8, 4) is 0 Å². The number of carbonyl (C=O) groups is 2. The first-order valence-electron chi connectivity index (χ1n) is 2.40. The average Bonchev–Trinajstić information content (AvgIpc) is 1.80. The number of hydrogen-bond acceptors (Lipinski definition) is 2. The molecule has 0 unspecified atom stereocenters. The lowest BCUT2D eigenvalue weighted by Crippen LogP contribution is -2.32. The van der Waals surface area contributed by atoms with Gasteiger partial charge in [-0.1, -0.05) is 6.08 Å². The maximum atomic E-state index is 10.6. The molecule has 1 aliphatic rings. The minimum Gasteiger partial charge on any atom is -0.292 e. The molecule has 0 spiro atoms. The van der Waals surface area contributed by atoms with Gasteiger partial charge in [0.15, 0.2) is 0 Å². The zero-order chi connectivity index (χ0) is 6.85. The molecule has 0 aromatic rings. The molecule has 1 N–H and O–H groups in total. The molecule has 4 heteroatoms. The predicted octanol–water partition coefficient (Wildman–Crippen LogP) is 0.312. The summed E-state index contributed by atoms with van der Waals surface area (Å²) in [5.41, 5.74) is 0. The second-order valence-corrected chi connectivity index (χ2v) is 2.49. The van der Waals surface area contributed by atoms with Gasteiger partial charge in [0, 0.05) is 6.42 Å². The molecule has 0 aliphatic carbocycles. The first kappa shape index (κ1) is 6.48. The number of halogens is 1. The molecule has 0 radical (unpaired) electrons. The Labute approximate surface area is 60.2 Å². The summed E-state index contributed by atoms with van der Waals surface area (Å²) in [7, 11) is 0. The number of carbonyl (C=O) groups excluding carboxylic acids is 2. The van der Waals surface area contributed by atoms with Crippen molar-refractivity contribution in [2.45, 2.75) is 6.42 Å². The van der Waals surface area contributed by atoms with E-state index in [1.807, 2.05) is 0 Å². The molecule has 48 valence electrons. The summed E-state index contributed by atoms with van der Waals surface area (Å²) in [6.07, 6.45) is 1.83. The number of nitrogens with one attached hydrogen (secondary N) is 1. The van der Waals surface area contributed by atoms with Gasteiger partial charge in [-0.05, 0) is 15.9 Å². The molecule has 3 nitrogen and oxygen atoms in total. The van der Waals surface area contributed by atoms with Crippen LogP contribution in [-0.4, -0.2) is 11.8 Å². The quantitative estimate of drug-likeness (QED) is 0.558. The molecule has 0 saturated heterocycles. The third-order valence-corrected chi connectivity index (χ3v) is 1.62. The van der Waals surface area contributed by atoms with E-state index in [1.165, 1.54) is 0 Å². The molecule has 1 rings (SSSR count). The van der Waals surface area contributed by atoms with Crippen LogP contribution in [0.5, 0.6) is 0 Å². The van der Waals surface area contributed by atoms with Crippen molar-refractivity contribution in [1.82, 2.24) is 5.32 Å². The van der Waals surface area contributed by atoms with Crippen LogP contribution in [0.4, 0.5) is 0 Å². The zero-order valence-electron chi connectivity index (χ0n) is 4.48. The van der Waals surface area contributed by atoms with Gasteiger partial charge in [-0.15, -0.1) is 0 Å². The molecule has 0 atom stereocenters. The fourth-order valence-corrected chi connectivity index (χ4v) is 0.773. The van der Waals surface area contributed by atoms with E-state index in [0.29, 0.717) is 4.48 Å². The van der Waals surface area contributed by atoms with Gasteiger partial charge in [0.2, 0.25) is 5.91 Å². The van der Waals surface area contributed by atoms with Crippen LogP contribution in [0.2, 0.25) is 0 Å². The summed E-state index contributed by atoms with van der Waals surface area (Å²) >= 11 is 2.98. The Morgan fingerprint density at radius 1 is 1.56 bits per heavy atom. The highest BCUT2D eigenvalue weighted by Gasteiger charge is 2.14. The van der Waals surface area contributed by atoms with Crippen molar-refractivity contribution < 1.29 is 9.59 Å². The van der Waals surface area contributed by atoms with Gasteiger partial charge < -0.3 is 0 Å². The minimum absolute atomic E-state index is 0.247. The first-order valence-corrected chi connectivity index (χ1v) is 3.19. The predicted molar refractivity (Wildman–Crippen MR) is 34.8 cm³/mol. The standard InChI is InChI=1S/C5H4BrNO2/c6-3-1-2-4(8)7-5(3)9/h1H,2H2,(H,7,8,9). The Kier molecular flexibility index (Phi) is 1.66. The molecule has 2 amide bonds. The normalized spacial score (nSPS) is 19.0. The molecule has 1 aliphatic heterocycles. The summed E-state index contributed by atoms with van der Waals surface area (Å²) in [6.45, 7) is 0. The van der Waals surface area contributed by atoms with E-state index in [0.717, 1.165) is 0 Å². The molecular formula is C5H4BrNO2. The van der Waals surface area contributed by atoms with Gasteiger partial charge in [0.1, 0.15) is 0 Å². The number of hydrogen-bond donors (Lipinski definition) is 1. The van der Waals surface area contributed by atoms with Crippen molar-refractivity contribution in [3.63, 3.8) is 0 Å². The van der Waals surface area contributed by atoms with Crippen LogP contribution in [0.25, 0.3) is 0 Å². The van der Waals surface area contributed by atoms with Gasteiger partial charge in [-0.2, -0.15) is 0 Å². The van der Waals surface area contributed by atoms with Crippen molar-refractivity contribution >= 4 is 27.7 Å². The Morgan fingerprint density at radius 3 is 2.67 bits per heavy atom. The average molecular weight is 190 g/mol. The van der Waals surface area contributed by atoms with Crippen LogP contribution in [0, 0.1) is 0 Å². The topological polar surface area (TPSA) is 46.2 Å². The third-order valence-electron chi connectivity index (χ3n) is 0.937. The molecule has 0 bridgehead atoms. The van der Waals surface area contributed by atoms with Crippen molar-refractivity contribution in [1.29, 1.82) is 0 Å². The zero-order valence-corrected chi connectivity index (χ0v) is 6.06. The monoisotopic (exact) mass is 189 g/mol. The SMILES string of the molecule is O=C1CC=C(Br)C(=O)N1. The lowest BCUT2D eigenvalue weighted by Gasteiger charge is -2.05. The number of imide groups is 1. The number of amides is 2. The van der Waals surface area contributed by atoms with E-state index in [4.69, 9.17) is 0 Å². The van der Waals surface area contributed by atoms with Gasteiger partial charge in [0.05, 0.1) is 4.48 Å². The third kappa shape index (κ3) is 1.38. The van der Waals surface area contributed by atoms with E-state index < -0.39 is 0 Å². The molecule has 0 aromatic heterocycles. The maximum absolute atomic E-state index is 10.6. The Bertz CT molecular complexity index is 197. The van der Waals surface area contributed by atoms with Crippen LogP contribution in [0.3, 0.4) is 0 Å². The molecule has 9 heavy (non-hydrogen) atoms. The molecular weight excluding hydrogens is 186 g/mol. The fourth-order valence-electron chi connectivity index (χ4n) is 0.512. The van der Waals surface area contributed by atoms with Gasteiger partial charge in [0.25, 0.3) is 5.91 Å². The minimum atomic E-state index is -0.355. The second-order valence-electron chi connectivity index (χ2n) is 1.63. The smallest absolute Gasteiger partial charge is 0.264 e. The summed E-state index contributed by atoms with van der Waals surface area (Å²) < 4.78 is 0.433. The highest BCUT2D eigenvalue weighted by atomic mass is 79.9. The summed E-state index contributed by atoms with van der Waals surface area (Å²) in [5.74, 6) is -0.602. The number of rotatable bonds is 0. The summed E-state index contributed by atoms with van der Waals surface area (Å²) in [5, 5.41) is 2.14. The maximum Gasteiger partial charge on any atom is 0.264 e. The van der Waals surface area contributed by atoms with Crippen LogP contribution < -0.4 is 5.32 Å². The highest BCUT2D eigenvalue weighted by Crippen LogP contribution is 2.09. The molecule has 0 fully saturated rings. The Hall–Kier alpha value is -0.640. The van der Waals surface area contributed by atoms with Crippen LogP contribution in [0.1, 0.15) is 6.42 Å².